The molecule has 0 radical (unpaired) electrons. The van der Waals surface area contributed by atoms with E-state index in [1.165, 1.54) is 29.4 Å². The standard InChI is InChI=1S/C24H22ClF2N3O4/c1-13-28-21(34-12-15-4-5-16(26)11-18(15)27)20(25)22(31)30(13)17-6-7-19-14(10-17)8-9-29(19)23(32)24(2,3)33/h4-7,10-11,33H,8-9,12H2,1-3H3. The Morgan fingerprint density at radius 2 is 1.97 bits per heavy atom. The largest absolute Gasteiger partial charge is 0.471 e. The van der Waals surface area contributed by atoms with E-state index >= 15 is 0 Å². The molecule has 4 rings (SSSR count). The molecular weight excluding hydrogens is 468 g/mol. The van der Waals surface area contributed by atoms with Crippen molar-refractivity contribution in [3.05, 3.63) is 80.4 Å². The molecule has 178 valence electrons. The van der Waals surface area contributed by atoms with Gasteiger partial charge in [0, 0.05) is 23.9 Å². The first kappa shape index (κ1) is 23.8. The van der Waals surface area contributed by atoms with Crippen LogP contribution in [0.2, 0.25) is 5.02 Å². The van der Waals surface area contributed by atoms with Crippen LogP contribution < -0.4 is 15.2 Å². The minimum atomic E-state index is -1.50. The van der Waals surface area contributed by atoms with Crippen molar-refractivity contribution in [2.45, 2.75) is 39.4 Å². The van der Waals surface area contributed by atoms with E-state index in [0.717, 1.165) is 17.7 Å². The van der Waals surface area contributed by atoms with Crippen LogP contribution in [0.1, 0.15) is 30.8 Å². The molecular formula is C24H22ClF2N3O4. The summed E-state index contributed by atoms with van der Waals surface area (Å²) < 4.78 is 33.7. The number of aliphatic hydroxyl groups is 1. The quantitative estimate of drug-likeness (QED) is 0.590. The zero-order chi connectivity index (χ0) is 24.8. The molecule has 34 heavy (non-hydrogen) atoms. The number of aryl methyl sites for hydroxylation is 1. The summed E-state index contributed by atoms with van der Waals surface area (Å²) in [6.45, 7) is 4.60. The van der Waals surface area contributed by atoms with E-state index < -0.39 is 28.7 Å². The summed E-state index contributed by atoms with van der Waals surface area (Å²) in [5.41, 5.74) is 0.0182. The minimum Gasteiger partial charge on any atom is -0.471 e. The summed E-state index contributed by atoms with van der Waals surface area (Å²) >= 11 is 6.23. The maximum absolute atomic E-state index is 13.9. The lowest BCUT2D eigenvalue weighted by atomic mass is 10.1. The van der Waals surface area contributed by atoms with E-state index in [1.54, 1.807) is 25.1 Å². The Bertz CT molecular complexity index is 1350. The zero-order valence-electron chi connectivity index (χ0n) is 18.7. The van der Waals surface area contributed by atoms with E-state index in [2.05, 4.69) is 4.98 Å². The highest BCUT2D eigenvalue weighted by Crippen LogP contribution is 2.32. The Morgan fingerprint density at radius 1 is 1.24 bits per heavy atom. The highest BCUT2D eigenvalue weighted by Gasteiger charge is 2.34. The van der Waals surface area contributed by atoms with Crippen LogP contribution >= 0.6 is 11.6 Å². The first-order valence-electron chi connectivity index (χ1n) is 10.5. The predicted octanol–water partition coefficient (Wildman–Crippen LogP) is 3.71. The SMILES string of the molecule is Cc1nc(OCc2ccc(F)cc2F)c(Cl)c(=O)n1-c1ccc2c(c1)CCN2C(=O)C(C)(C)O. The number of nitrogens with zero attached hydrogens (tertiary/aromatic N) is 3. The molecule has 0 unspecified atom stereocenters. The monoisotopic (exact) mass is 489 g/mol. The molecule has 7 nitrogen and oxygen atoms in total. The van der Waals surface area contributed by atoms with Gasteiger partial charge < -0.3 is 14.7 Å². The van der Waals surface area contributed by atoms with Gasteiger partial charge in [0.1, 0.15) is 29.7 Å². The van der Waals surface area contributed by atoms with Crippen LogP contribution in [-0.4, -0.2) is 32.7 Å². The van der Waals surface area contributed by atoms with Gasteiger partial charge in [0.25, 0.3) is 11.5 Å². The van der Waals surface area contributed by atoms with Gasteiger partial charge in [-0.3, -0.25) is 14.2 Å². The van der Waals surface area contributed by atoms with Crippen molar-refractivity contribution in [1.82, 2.24) is 9.55 Å². The van der Waals surface area contributed by atoms with E-state index in [1.807, 2.05) is 0 Å². The fourth-order valence-electron chi connectivity index (χ4n) is 3.84. The summed E-state index contributed by atoms with van der Waals surface area (Å²) in [5, 5.41) is 9.78. The number of amides is 1. The number of aromatic nitrogens is 2. The van der Waals surface area contributed by atoms with Crippen LogP contribution in [0, 0.1) is 18.6 Å². The molecule has 1 amide bonds. The van der Waals surface area contributed by atoms with Gasteiger partial charge in [-0.15, -0.1) is 0 Å². The molecule has 1 aliphatic heterocycles. The smallest absolute Gasteiger partial charge is 0.280 e. The first-order valence-corrected chi connectivity index (χ1v) is 10.9. The average Bonchev–Trinajstić information content (AvgIpc) is 3.18. The van der Waals surface area contributed by atoms with E-state index in [-0.39, 0.29) is 28.9 Å². The third-order valence-corrected chi connectivity index (χ3v) is 5.85. The number of anilines is 1. The number of ether oxygens (including phenoxy) is 1. The molecule has 0 saturated carbocycles. The van der Waals surface area contributed by atoms with Crippen LogP contribution in [0.4, 0.5) is 14.5 Å². The molecule has 0 bridgehead atoms. The number of halogens is 3. The van der Waals surface area contributed by atoms with Gasteiger partial charge in [-0.2, -0.15) is 4.98 Å². The molecule has 10 heteroatoms. The second kappa shape index (κ2) is 8.81. The molecule has 0 saturated heterocycles. The molecule has 0 aliphatic carbocycles. The molecule has 1 aromatic heterocycles. The van der Waals surface area contributed by atoms with Crippen molar-refractivity contribution < 1.29 is 23.4 Å². The van der Waals surface area contributed by atoms with Gasteiger partial charge in [-0.25, -0.2) is 8.78 Å². The second-order valence-corrected chi connectivity index (χ2v) is 8.90. The topological polar surface area (TPSA) is 84.7 Å². The molecule has 1 aliphatic rings. The molecule has 0 atom stereocenters. The number of rotatable bonds is 5. The average molecular weight is 490 g/mol. The Balaban J connectivity index is 1.63. The third kappa shape index (κ3) is 4.41. The maximum Gasteiger partial charge on any atom is 0.280 e. The van der Waals surface area contributed by atoms with Crippen molar-refractivity contribution in [3.63, 3.8) is 0 Å². The van der Waals surface area contributed by atoms with Gasteiger partial charge in [0.05, 0.1) is 5.69 Å². The van der Waals surface area contributed by atoms with Crippen molar-refractivity contribution in [1.29, 1.82) is 0 Å². The summed E-state index contributed by atoms with van der Waals surface area (Å²) in [6.07, 6.45) is 0.560. The Morgan fingerprint density at radius 3 is 2.65 bits per heavy atom. The Kier molecular flexibility index (Phi) is 6.18. The highest BCUT2D eigenvalue weighted by atomic mass is 35.5. The lowest BCUT2D eigenvalue weighted by molar-refractivity contribution is -0.133. The normalized spacial score (nSPS) is 13.2. The van der Waals surface area contributed by atoms with Crippen LogP contribution in [0.15, 0.2) is 41.2 Å². The zero-order valence-corrected chi connectivity index (χ0v) is 19.5. The number of benzene rings is 2. The molecule has 2 heterocycles. The van der Waals surface area contributed by atoms with Crippen molar-refractivity contribution >= 4 is 23.2 Å². The second-order valence-electron chi connectivity index (χ2n) is 8.52. The first-order chi connectivity index (χ1) is 16.0. The number of carbonyl (C=O) groups is 1. The van der Waals surface area contributed by atoms with E-state index in [9.17, 15) is 23.5 Å². The molecule has 3 aromatic rings. The predicted molar refractivity (Wildman–Crippen MR) is 123 cm³/mol. The number of hydrogen-bond acceptors (Lipinski definition) is 5. The van der Waals surface area contributed by atoms with Gasteiger partial charge >= 0.3 is 0 Å². The van der Waals surface area contributed by atoms with Crippen molar-refractivity contribution in [2.75, 3.05) is 11.4 Å². The van der Waals surface area contributed by atoms with Crippen LogP contribution in [0.5, 0.6) is 5.88 Å². The van der Waals surface area contributed by atoms with Crippen molar-refractivity contribution in [3.8, 4) is 11.6 Å². The summed E-state index contributed by atoms with van der Waals surface area (Å²) in [4.78, 5) is 31.3. The third-order valence-electron chi connectivity index (χ3n) is 5.53. The highest BCUT2D eigenvalue weighted by molar-refractivity contribution is 6.31. The fourth-order valence-corrected chi connectivity index (χ4v) is 4.02. The van der Waals surface area contributed by atoms with Crippen molar-refractivity contribution in [2.24, 2.45) is 0 Å². The maximum atomic E-state index is 13.9. The van der Waals surface area contributed by atoms with E-state index in [0.29, 0.717) is 24.3 Å². The van der Waals surface area contributed by atoms with Crippen LogP contribution in [-0.2, 0) is 17.8 Å². The lowest BCUT2D eigenvalue weighted by Crippen LogP contribution is -2.44. The molecule has 2 aromatic carbocycles. The molecule has 0 fully saturated rings. The fraction of sp³-hybridized carbons (Fsp3) is 0.292. The Labute approximate surface area is 199 Å². The number of carbonyl (C=O) groups excluding carboxylic acids is 1. The number of fused-ring (bicyclic) bond motifs is 1. The van der Waals surface area contributed by atoms with Crippen LogP contribution in [0.25, 0.3) is 5.69 Å². The van der Waals surface area contributed by atoms with Gasteiger partial charge in [-0.1, -0.05) is 11.6 Å². The molecule has 1 N–H and O–H groups in total. The lowest BCUT2D eigenvalue weighted by Gasteiger charge is -2.25. The Hall–Kier alpha value is -3.30. The van der Waals surface area contributed by atoms with E-state index in [4.69, 9.17) is 16.3 Å². The minimum absolute atomic E-state index is 0.0879. The van der Waals surface area contributed by atoms with Gasteiger partial charge in [-0.05, 0) is 63.1 Å². The summed E-state index contributed by atoms with van der Waals surface area (Å²) in [6, 6.07) is 8.22. The van der Waals surface area contributed by atoms with Gasteiger partial charge in [0.2, 0.25) is 5.88 Å². The van der Waals surface area contributed by atoms with Gasteiger partial charge in [0.15, 0.2) is 5.02 Å². The molecule has 0 spiro atoms. The number of hydrogen-bond donors (Lipinski definition) is 1. The summed E-state index contributed by atoms with van der Waals surface area (Å²) in [5.74, 6) is -1.77. The summed E-state index contributed by atoms with van der Waals surface area (Å²) in [7, 11) is 0. The van der Waals surface area contributed by atoms with Crippen LogP contribution in [0.3, 0.4) is 0 Å².